The average Bonchev–Trinajstić information content (AvgIpc) is 3.23. The monoisotopic (exact) mass is 325 g/mol. The lowest BCUT2D eigenvalue weighted by atomic mass is 10.2. The molecule has 1 saturated carbocycles. The van der Waals surface area contributed by atoms with Gasteiger partial charge in [-0.05, 0) is 54.9 Å². The van der Waals surface area contributed by atoms with Gasteiger partial charge in [-0.2, -0.15) is 5.26 Å². The van der Waals surface area contributed by atoms with Crippen molar-refractivity contribution in [3.8, 4) is 6.07 Å². The van der Waals surface area contributed by atoms with E-state index in [0.717, 1.165) is 0 Å². The fraction of sp³-hybridized carbons (Fsp3) is 0.500. The largest absolute Gasteiger partial charge is 0.381 e. The molecule has 0 spiro atoms. The molecule has 0 aliphatic heterocycles. The van der Waals surface area contributed by atoms with Crippen LogP contribution in [0.25, 0.3) is 0 Å². The number of hydrogen-bond donors (Lipinski definition) is 1. The summed E-state index contributed by atoms with van der Waals surface area (Å²) in [6.07, 6.45) is 2.52. The van der Waals surface area contributed by atoms with E-state index in [-0.39, 0.29) is 4.47 Å². The molecule has 1 aromatic rings. The van der Waals surface area contributed by atoms with Crippen LogP contribution in [0.3, 0.4) is 0 Å². The lowest BCUT2D eigenvalue weighted by Gasteiger charge is -2.25. The number of likely N-dealkylation sites (N-methyl/N-ethyl adjacent to an activating group) is 1. The van der Waals surface area contributed by atoms with E-state index < -0.39 is 5.82 Å². The Morgan fingerprint density at radius 1 is 1.58 bits per heavy atom. The number of nitrogens with zero attached hydrogens (tertiary/aromatic N) is 2. The smallest absolute Gasteiger partial charge is 0.161 e. The summed E-state index contributed by atoms with van der Waals surface area (Å²) in [5.74, 6) is -0.402. The van der Waals surface area contributed by atoms with Crippen LogP contribution in [0, 0.1) is 17.1 Å². The molecule has 0 amide bonds. The zero-order chi connectivity index (χ0) is 14.0. The van der Waals surface area contributed by atoms with Crippen LogP contribution >= 0.6 is 15.9 Å². The van der Waals surface area contributed by atoms with Crippen molar-refractivity contribution in [2.75, 3.05) is 18.9 Å². The molecule has 1 aromatic carbocycles. The SMILES string of the molecule is CC(CNc1ccc(C#N)c(Br)c1F)N(C)C1CC1. The van der Waals surface area contributed by atoms with Crippen LogP contribution in [-0.2, 0) is 0 Å². The van der Waals surface area contributed by atoms with E-state index >= 15 is 0 Å². The Kier molecular flexibility index (Phi) is 4.43. The standard InChI is InChI=1S/C14H17BrFN3/c1-9(19(2)11-4-5-11)8-18-12-6-3-10(7-17)13(15)14(12)16/h3,6,9,11,18H,4-5,8H2,1-2H3. The Morgan fingerprint density at radius 3 is 2.84 bits per heavy atom. The van der Waals surface area contributed by atoms with E-state index in [1.165, 1.54) is 12.8 Å². The van der Waals surface area contributed by atoms with Gasteiger partial charge >= 0.3 is 0 Å². The van der Waals surface area contributed by atoms with Crippen LogP contribution in [0.2, 0.25) is 0 Å². The van der Waals surface area contributed by atoms with Crippen molar-refractivity contribution in [2.45, 2.75) is 31.8 Å². The Labute approximate surface area is 121 Å². The second kappa shape index (κ2) is 5.89. The summed E-state index contributed by atoms with van der Waals surface area (Å²) in [6.45, 7) is 2.81. The number of rotatable bonds is 5. The predicted octanol–water partition coefficient (Wildman–Crippen LogP) is 3.35. The van der Waals surface area contributed by atoms with Gasteiger partial charge in [0.1, 0.15) is 6.07 Å². The van der Waals surface area contributed by atoms with Gasteiger partial charge in [0.15, 0.2) is 5.82 Å². The fourth-order valence-corrected chi connectivity index (χ4v) is 2.45. The first-order valence-electron chi connectivity index (χ1n) is 6.38. The zero-order valence-electron chi connectivity index (χ0n) is 11.1. The number of anilines is 1. The minimum atomic E-state index is -0.402. The molecule has 1 atom stereocenters. The minimum Gasteiger partial charge on any atom is -0.381 e. The third-order valence-electron chi connectivity index (χ3n) is 3.61. The highest BCUT2D eigenvalue weighted by molar-refractivity contribution is 9.10. The highest BCUT2D eigenvalue weighted by Gasteiger charge is 2.29. The molecule has 19 heavy (non-hydrogen) atoms. The zero-order valence-corrected chi connectivity index (χ0v) is 12.7. The molecule has 1 aliphatic rings. The van der Waals surface area contributed by atoms with E-state index in [1.54, 1.807) is 12.1 Å². The number of halogens is 2. The molecule has 1 N–H and O–H groups in total. The molecule has 0 radical (unpaired) electrons. The van der Waals surface area contributed by atoms with Gasteiger partial charge in [0.25, 0.3) is 0 Å². The Hall–Kier alpha value is -1.12. The normalized spacial score (nSPS) is 16.2. The van der Waals surface area contributed by atoms with E-state index in [1.807, 2.05) is 6.07 Å². The first-order chi connectivity index (χ1) is 9.04. The van der Waals surface area contributed by atoms with Crippen LogP contribution in [0.15, 0.2) is 16.6 Å². The van der Waals surface area contributed by atoms with Gasteiger partial charge < -0.3 is 5.32 Å². The molecule has 3 nitrogen and oxygen atoms in total. The van der Waals surface area contributed by atoms with Gasteiger partial charge in [-0.3, -0.25) is 4.90 Å². The van der Waals surface area contributed by atoms with Gasteiger partial charge in [0.2, 0.25) is 0 Å². The van der Waals surface area contributed by atoms with Crippen LogP contribution in [0.4, 0.5) is 10.1 Å². The summed E-state index contributed by atoms with van der Waals surface area (Å²) in [6, 6.07) is 6.21. The van der Waals surface area contributed by atoms with Gasteiger partial charge in [0, 0.05) is 18.6 Å². The fourth-order valence-electron chi connectivity index (χ4n) is 2.02. The summed E-state index contributed by atoms with van der Waals surface area (Å²) in [4.78, 5) is 2.32. The number of nitrogens with one attached hydrogen (secondary N) is 1. The van der Waals surface area contributed by atoms with Crippen molar-refractivity contribution < 1.29 is 4.39 Å². The topological polar surface area (TPSA) is 39.1 Å². The van der Waals surface area contributed by atoms with E-state index in [0.29, 0.717) is 29.9 Å². The molecule has 1 aliphatic carbocycles. The molecule has 102 valence electrons. The number of benzene rings is 1. The molecule has 1 fully saturated rings. The van der Waals surface area contributed by atoms with Crippen LogP contribution < -0.4 is 5.32 Å². The second-order valence-corrected chi connectivity index (χ2v) is 5.82. The third kappa shape index (κ3) is 3.26. The first kappa shape index (κ1) is 14.3. The Balaban J connectivity index is 1.99. The highest BCUT2D eigenvalue weighted by Crippen LogP contribution is 2.28. The van der Waals surface area contributed by atoms with Crippen molar-refractivity contribution in [2.24, 2.45) is 0 Å². The maximum atomic E-state index is 14.0. The summed E-state index contributed by atoms with van der Waals surface area (Å²) >= 11 is 3.11. The molecule has 1 unspecified atom stereocenters. The molecular formula is C14H17BrFN3. The maximum absolute atomic E-state index is 14.0. The maximum Gasteiger partial charge on any atom is 0.161 e. The molecule has 5 heteroatoms. The van der Waals surface area contributed by atoms with E-state index in [4.69, 9.17) is 5.26 Å². The molecule has 0 heterocycles. The lowest BCUT2D eigenvalue weighted by Crippen LogP contribution is -2.36. The van der Waals surface area contributed by atoms with Gasteiger partial charge in [0.05, 0.1) is 15.7 Å². The van der Waals surface area contributed by atoms with Gasteiger partial charge in [-0.25, -0.2) is 4.39 Å². The molecule has 0 bridgehead atoms. The van der Waals surface area contributed by atoms with Crippen LogP contribution in [0.5, 0.6) is 0 Å². The number of hydrogen-bond acceptors (Lipinski definition) is 3. The molecule has 2 rings (SSSR count). The van der Waals surface area contributed by atoms with Crippen molar-refractivity contribution in [1.82, 2.24) is 4.90 Å². The molecule has 0 aromatic heterocycles. The lowest BCUT2D eigenvalue weighted by molar-refractivity contribution is 0.257. The van der Waals surface area contributed by atoms with Crippen LogP contribution in [0.1, 0.15) is 25.3 Å². The van der Waals surface area contributed by atoms with Gasteiger partial charge in [-0.1, -0.05) is 0 Å². The first-order valence-corrected chi connectivity index (χ1v) is 7.17. The predicted molar refractivity (Wildman–Crippen MR) is 77.6 cm³/mol. The van der Waals surface area contributed by atoms with Crippen molar-refractivity contribution >= 4 is 21.6 Å². The summed E-state index contributed by atoms with van der Waals surface area (Å²) in [5, 5.41) is 11.9. The number of nitriles is 1. The average molecular weight is 326 g/mol. The van der Waals surface area contributed by atoms with E-state index in [9.17, 15) is 4.39 Å². The Morgan fingerprint density at radius 2 is 2.26 bits per heavy atom. The van der Waals surface area contributed by atoms with Crippen molar-refractivity contribution in [1.29, 1.82) is 5.26 Å². The third-order valence-corrected chi connectivity index (χ3v) is 4.38. The Bertz CT molecular complexity index is 508. The summed E-state index contributed by atoms with van der Waals surface area (Å²) in [7, 11) is 2.11. The second-order valence-electron chi connectivity index (χ2n) is 5.03. The quantitative estimate of drug-likeness (QED) is 0.902. The van der Waals surface area contributed by atoms with Crippen molar-refractivity contribution in [3.63, 3.8) is 0 Å². The molecular weight excluding hydrogens is 309 g/mol. The molecule has 0 saturated heterocycles. The van der Waals surface area contributed by atoms with Gasteiger partial charge in [-0.15, -0.1) is 0 Å². The van der Waals surface area contributed by atoms with Crippen molar-refractivity contribution in [3.05, 3.63) is 28.0 Å². The summed E-state index contributed by atoms with van der Waals surface area (Å²) in [5.41, 5.74) is 0.744. The summed E-state index contributed by atoms with van der Waals surface area (Å²) < 4.78 is 14.2. The minimum absolute atomic E-state index is 0.225. The van der Waals surface area contributed by atoms with Crippen LogP contribution in [-0.4, -0.2) is 30.6 Å². The highest BCUT2D eigenvalue weighted by atomic mass is 79.9. The van der Waals surface area contributed by atoms with E-state index in [2.05, 4.69) is 40.1 Å².